The minimum atomic E-state index is -1.44. The van der Waals surface area contributed by atoms with Crippen LogP contribution in [0.15, 0.2) is 17.8 Å². The van der Waals surface area contributed by atoms with Crippen molar-refractivity contribution < 1.29 is 34.3 Å². The molecular formula is C13H22N4O7. The molecule has 1 rings (SSSR count). The normalized spacial score (nSPS) is 29.4. The SMILES string of the molecule is C=CCOC(=O)N[C@H]1[C@H](OCCCN=[N+]=[N-])O[C@H](CO)[C@@H](O)[C@@H]1O. The molecule has 1 heterocycles. The van der Waals surface area contributed by atoms with E-state index in [4.69, 9.17) is 19.7 Å². The molecule has 11 heteroatoms. The van der Waals surface area contributed by atoms with Crippen molar-refractivity contribution in [1.29, 1.82) is 0 Å². The number of hydrogen-bond acceptors (Lipinski definition) is 8. The number of nitrogens with zero attached hydrogens (tertiary/aromatic N) is 3. The van der Waals surface area contributed by atoms with Gasteiger partial charge in [0.2, 0.25) is 0 Å². The highest BCUT2D eigenvalue weighted by molar-refractivity contribution is 5.67. The first-order chi connectivity index (χ1) is 11.5. The van der Waals surface area contributed by atoms with Crippen molar-refractivity contribution in [3.8, 4) is 0 Å². The van der Waals surface area contributed by atoms with E-state index in [1.165, 1.54) is 6.08 Å². The first-order valence-electron chi connectivity index (χ1n) is 7.34. The topological polar surface area (TPSA) is 166 Å². The van der Waals surface area contributed by atoms with Crippen molar-refractivity contribution in [2.75, 3.05) is 26.4 Å². The Hall–Kier alpha value is -1.88. The van der Waals surface area contributed by atoms with Gasteiger partial charge >= 0.3 is 6.09 Å². The van der Waals surface area contributed by atoms with Crippen LogP contribution < -0.4 is 5.32 Å². The van der Waals surface area contributed by atoms with Gasteiger partial charge in [0.15, 0.2) is 6.29 Å². The second kappa shape index (κ2) is 10.8. The van der Waals surface area contributed by atoms with Crippen LogP contribution in [-0.4, -0.2) is 78.4 Å². The second-order valence-electron chi connectivity index (χ2n) is 4.94. The predicted molar refractivity (Wildman–Crippen MR) is 80.8 cm³/mol. The smallest absolute Gasteiger partial charge is 0.407 e. The maximum Gasteiger partial charge on any atom is 0.407 e. The lowest BCUT2D eigenvalue weighted by atomic mass is 9.97. The molecule has 1 aliphatic heterocycles. The van der Waals surface area contributed by atoms with Gasteiger partial charge in [-0.1, -0.05) is 17.8 Å². The number of ether oxygens (including phenoxy) is 3. The number of hydrogen-bond donors (Lipinski definition) is 4. The highest BCUT2D eigenvalue weighted by atomic mass is 16.7. The lowest BCUT2D eigenvalue weighted by molar-refractivity contribution is -0.269. The molecule has 0 aromatic carbocycles. The number of aliphatic hydroxyl groups is 3. The van der Waals surface area contributed by atoms with Gasteiger partial charge in [0.25, 0.3) is 0 Å². The van der Waals surface area contributed by atoms with E-state index >= 15 is 0 Å². The monoisotopic (exact) mass is 346 g/mol. The van der Waals surface area contributed by atoms with E-state index < -0.39 is 43.3 Å². The summed E-state index contributed by atoms with van der Waals surface area (Å²) in [6.07, 6.45) is -4.13. The largest absolute Gasteiger partial charge is 0.445 e. The highest BCUT2D eigenvalue weighted by Crippen LogP contribution is 2.22. The zero-order chi connectivity index (χ0) is 17.9. The summed E-state index contributed by atoms with van der Waals surface area (Å²) in [5.41, 5.74) is 8.19. The van der Waals surface area contributed by atoms with Crippen molar-refractivity contribution in [1.82, 2.24) is 5.32 Å². The quantitative estimate of drug-likeness (QED) is 0.142. The third-order valence-corrected chi connectivity index (χ3v) is 3.25. The molecule has 0 unspecified atom stereocenters. The van der Waals surface area contributed by atoms with E-state index in [-0.39, 0.29) is 19.8 Å². The number of carbonyl (C=O) groups is 1. The molecule has 1 saturated heterocycles. The average Bonchev–Trinajstić information content (AvgIpc) is 2.58. The summed E-state index contributed by atoms with van der Waals surface area (Å²) in [6.45, 7) is 3.15. The first-order valence-corrected chi connectivity index (χ1v) is 7.34. The predicted octanol–water partition coefficient (Wildman–Crippen LogP) is -0.577. The zero-order valence-corrected chi connectivity index (χ0v) is 13.0. The molecule has 0 aliphatic carbocycles. The van der Waals surface area contributed by atoms with Gasteiger partial charge in [-0.05, 0) is 12.0 Å². The van der Waals surface area contributed by atoms with E-state index in [0.29, 0.717) is 6.42 Å². The lowest BCUT2D eigenvalue weighted by Crippen LogP contribution is -2.64. The Morgan fingerprint density at radius 3 is 2.83 bits per heavy atom. The Kier molecular flexibility index (Phi) is 9.08. The summed E-state index contributed by atoms with van der Waals surface area (Å²) in [6, 6.07) is -1.11. The summed E-state index contributed by atoms with van der Waals surface area (Å²) >= 11 is 0. The minimum Gasteiger partial charge on any atom is -0.445 e. The molecular weight excluding hydrogens is 324 g/mol. The number of amides is 1. The van der Waals surface area contributed by atoms with E-state index in [9.17, 15) is 20.1 Å². The van der Waals surface area contributed by atoms with Gasteiger partial charge in [-0.2, -0.15) is 0 Å². The zero-order valence-electron chi connectivity index (χ0n) is 13.0. The van der Waals surface area contributed by atoms with Crippen LogP contribution in [0, 0.1) is 0 Å². The van der Waals surface area contributed by atoms with E-state index in [2.05, 4.69) is 21.9 Å². The molecule has 136 valence electrons. The minimum absolute atomic E-state index is 0.0327. The van der Waals surface area contributed by atoms with Crippen molar-refractivity contribution in [2.24, 2.45) is 5.11 Å². The highest BCUT2D eigenvalue weighted by Gasteiger charge is 2.45. The van der Waals surface area contributed by atoms with Crippen LogP contribution in [0.5, 0.6) is 0 Å². The summed E-state index contributed by atoms with van der Waals surface area (Å²) in [5, 5.41) is 34.9. The van der Waals surface area contributed by atoms with Crippen molar-refractivity contribution in [3.05, 3.63) is 23.1 Å². The molecule has 5 atom stereocenters. The summed E-state index contributed by atoms with van der Waals surface area (Å²) in [4.78, 5) is 14.2. The number of aliphatic hydroxyl groups excluding tert-OH is 3. The average molecular weight is 346 g/mol. The lowest BCUT2D eigenvalue weighted by Gasteiger charge is -2.42. The Balaban J connectivity index is 2.68. The molecule has 0 aromatic rings. The van der Waals surface area contributed by atoms with Crippen molar-refractivity contribution in [2.45, 2.75) is 37.1 Å². The van der Waals surface area contributed by atoms with Crippen LogP contribution in [0.4, 0.5) is 4.79 Å². The van der Waals surface area contributed by atoms with E-state index in [0.717, 1.165) is 0 Å². The molecule has 1 aliphatic rings. The first kappa shape index (κ1) is 20.2. The van der Waals surface area contributed by atoms with Gasteiger partial charge in [-0.15, -0.1) is 0 Å². The fourth-order valence-corrected chi connectivity index (χ4v) is 2.07. The van der Waals surface area contributed by atoms with Gasteiger partial charge in [-0.25, -0.2) is 4.79 Å². The molecule has 0 radical (unpaired) electrons. The fourth-order valence-electron chi connectivity index (χ4n) is 2.07. The molecule has 24 heavy (non-hydrogen) atoms. The second-order valence-corrected chi connectivity index (χ2v) is 4.94. The molecule has 0 aromatic heterocycles. The van der Waals surface area contributed by atoms with Gasteiger partial charge in [0.1, 0.15) is 31.0 Å². The van der Waals surface area contributed by atoms with Crippen LogP contribution in [-0.2, 0) is 14.2 Å². The van der Waals surface area contributed by atoms with Gasteiger partial charge < -0.3 is 34.8 Å². The Morgan fingerprint density at radius 1 is 1.46 bits per heavy atom. The molecule has 1 amide bonds. The molecule has 0 bridgehead atoms. The number of rotatable bonds is 9. The third-order valence-electron chi connectivity index (χ3n) is 3.25. The molecule has 4 N–H and O–H groups in total. The van der Waals surface area contributed by atoms with Crippen LogP contribution in [0.2, 0.25) is 0 Å². The molecule has 1 fully saturated rings. The maximum atomic E-state index is 11.6. The van der Waals surface area contributed by atoms with Crippen LogP contribution in [0.3, 0.4) is 0 Å². The summed E-state index contributed by atoms with van der Waals surface area (Å²) < 4.78 is 15.5. The fraction of sp³-hybridized carbons (Fsp3) is 0.769. The Morgan fingerprint density at radius 2 is 2.21 bits per heavy atom. The van der Waals surface area contributed by atoms with Crippen molar-refractivity contribution in [3.63, 3.8) is 0 Å². The maximum absolute atomic E-state index is 11.6. The number of alkyl carbamates (subject to hydrolysis) is 1. The third kappa shape index (κ3) is 5.96. The molecule has 0 spiro atoms. The number of nitrogens with one attached hydrogen (secondary N) is 1. The van der Waals surface area contributed by atoms with E-state index in [1.54, 1.807) is 0 Å². The van der Waals surface area contributed by atoms with Gasteiger partial charge in [-0.3, -0.25) is 0 Å². The summed E-state index contributed by atoms with van der Waals surface area (Å²) in [7, 11) is 0. The standard InChI is InChI=1S/C13H22N4O7/c1-2-5-23-13(21)16-9-11(20)10(19)8(7-18)24-12(9)22-6-3-4-15-17-14/h2,8-12,18-20H,1,3-7H2,(H,16,21)/t8-,9-,10-,11-,12-/m1/s1. The van der Waals surface area contributed by atoms with Gasteiger partial charge in [0, 0.05) is 18.1 Å². The van der Waals surface area contributed by atoms with E-state index in [1.807, 2.05) is 0 Å². The van der Waals surface area contributed by atoms with Crippen molar-refractivity contribution >= 4 is 6.09 Å². The van der Waals surface area contributed by atoms with Crippen LogP contribution in [0.1, 0.15) is 6.42 Å². The van der Waals surface area contributed by atoms with Gasteiger partial charge in [0.05, 0.1) is 6.61 Å². The molecule has 0 saturated carbocycles. The Bertz CT molecular complexity index is 458. The summed E-state index contributed by atoms with van der Waals surface area (Å²) in [5.74, 6) is 0. The van der Waals surface area contributed by atoms with Crippen LogP contribution in [0.25, 0.3) is 10.4 Å². The molecule has 11 nitrogen and oxygen atoms in total. The Labute approximate surface area is 138 Å². The van der Waals surface area contributed by atoms with Crippen LogP contribution >= 0.6 is 0 Å². The number of azide groups is 1. The number of carbonyl (C=O) groups excluding carboxylic acids is 1.